The van der Waals surface area contributed by atoms with Crippen molar-refractivity contribution in [3.8, 4) is 0 Å². The average molecular weight is 317 g/mol. The number of hydrogen-bond acceptors (Lipinski definition) is 5. The van der Waals surface area contributed by atoms with Crippen LogP contribution in [0.25, 0.3) is 0 Å². The molecule has 6 nitrogen and oxygen atoms in total. The molecule has 2 fully saturated rings. The Labute approximate surface area is 138 Å². The second-order valence-corrected chi connectivity index (χ2v) is 6.92. The third-order valence-electron chi connectivity index (χ3n) is 4.97. The normalized spacial score (nSPS) is 21.0. The van der Waals surface area contributed by atoms with Crippen molar-refractivity contribution in [2.75, 3.05) is 58.7 Å². The molecule has 1 aliphatic heterocycles. The summed E-state index contributed by atoms with van der Waals surface area (Å²) in [5, 5.41) is 6.05. The first-order valence-electron chi connectivity index (χ1n) is 8.44. The second-order valence-electron chi connectivity index (χ2n) is 6.92. The number of carbonyl (C=O) groups excluding carboxylic acids is 1. The molecule has 0 radical (unpaired) electrons. The van der Waals surface area contributed by atoms with Gasteiger partial charge in [-0.2, -0.15) is 0 Å². The van der Waals surface area contributed by atoms with Crippen LogP contribution in [-0.2, 0) is 0 Å². The lowest BCUT2D eigenvalue weighted by atomic mass is 10.1. The van der Waals surface area contributed by atoms with Gasteiger partial charge in [0.15, 0.2) is 0 Å². The van der Waals surface area contributed by atoms with E-state index >= 15 is 0 Å². The van der Waals surface area contributed by atoms with Crippen LogP contribution in [0.5, 0.6) is 0 Å². The minimum atomic E-state index is -0.146. The zero-order chi connectivity index (χ0) is 16.3. The number of likely N-dealkylation sites (N-methyl/N-ethyl adjacent to an activating group) is 1. The molecule has 0 aromatic carbocycles. The molecular formula is C17H27N5O. The molecule has 1 aromatic heterocycles. The smallest absolute Gasteiger partial charge is 0.269 e. The first-order valence-corrected chi connectivity index (χ1v) is 8.44. The minimum Gasteiger partial charge on any atom is -0.369 e. The SMILES string of the molecule is CNC(=O)c1cccc(NCC2(CN3CCN(C)CC3)CC2)n1. The Hall–Kier alpha value is -1.66. The zero-order valence-electron chi connectivity index (χ0n) is 14.1. The Morgan fingerprint density at radius 3 is 2.65 bits per heavy atom. The molecule has 0 unspecified atom stereocenters. The maximum atomic E-state index is 11.7. The van der Waals surface area contributed by atoms with Crippen molar-refractivity contribution >= 4 is 11.7 Å². The van der Waals surface area contributed by atoms with Gasteiger partial charge in [0, 0.05) is 51.7 Å². The lowest BCUT2D eigenvalue weighted by molar-refractivity contribution is 0.0958. The van der Waals surface area contributed by atoms with Crippen LogP contribution in [0.4, 0.5) is 5.82 Å². The van der Waals surface area contributed by atoms with Crippen molar-refractivity contribution in [1.29, 1.82) is 0 Å². The van der Waals surface area contributed by atoms with Crippen LogP contribution in [0.3, 0.4) is 0 Å². The summed E-state index contributed by atoms with van der Waals surface area (Å²) >= 11 is 0. The predicted octanol–water partition coefficient (Wildman–Crippen LogP) is 0.881. The highest BCUT2D eigenvalue weighted by molar-refractivity contribution is 5.92. The fraction of sp³-hybridized carbons (Fsp3) is 0.647. The van der Waals surface area contributed by atoms with Crippen LogP contribution in [0.15, 0.2) is 18.2 Å². The fourth-order valence-corrected chi connectivity index (χ4v) is 3.11. The van der Waals surface area contributed by atoms with E-state index in [1.54, 1.807) is 13.1 Å². The van der Waals surface area contributed by atoms with Crippen molar-refractivity contribution < 1.29 is 4.79 Å². The molecule has 23 heavy (non-hydrogen) atoms. The minimum absolute atomic E-state index is 0.146. The molecule has 1 saturated carbocycles. The van der Waals surface area contributed by atoms with E-state index < -0.39 is 0 Å². The zero-order valence-corrected chi connectivity index (χ0v) is 14.1. The predicted molar refractivity (Wildman–Crippen MR) is 91.7 cm³/mol. The molecule has 126 valence electrons. The van der Waals surface area contributed by atoms with Crippen molar-refractivity contribution in [3.05, 3.63) is 23.9 Å². The van der Waals surface area contributed by atoms with E-state index in [4.69, 9.17) is 0 Å². The number of carbonyl (C=O) groups is 1. The number of nitrogens with one attached hydrogen (secondary N) is 2. The van der Waals surface area contributed by atoms with Crippen LogP contribution in [0, 0.1) is 5.41 Å². The van der Waals surface area contributed by atoms with Crippen LogP contribution in [0.2, 0.25) is 0 Å². The molecular weight excluding hydrogens is 290 g/mol. The van der Waals surface area contributed by atoms with Gasteiger partial charge in [0.05, 0.1) is 0 Å². The molecule has 2 aliphatic rings. The van der Waals surface area contributed by atoms with E-state index in [-0.39, 0.29) is 5.91 Å². The molecule has 1 aliphatic carbocycles. The van der Waals surface area contributed by atoms with Crippen molar-refractivity contribution in [2.45, 2.75) is 12.8 Å². The number of amides is 1. The average Bonchev–Trinajstić information content (AvgIpc) is 3.35. The van der Waals surface area contributed by atoms with E-state index in [0.29, 0.717) is 11.1 Å². The monoisotopic (exact) mass is 317 g/mol. The highest BCUT2D eigenvalue weighted by Crippen LogP contribution is 2.46. The van der Waals surface area contributed by atoms with E-state index in [0.717, 1.165) is 12.4 Å². The van der Waals surface area contributed by atoms with Gasteiger partial charge in [-0.05, 0) is 32.0 Å². The van der Waals surface area contributed by atoms with Crippen LogP contribution >= 0.6 is 0 Å². The summed E-state index contributed by atoms with van der Waals surface area (Å²) < 4.78 is 0. The Morgan fingerprint density at radius 1 is 1.26 bits per heavy atom. The van der Waals surface area contributed by atoms with Gasteiger partial charge in [-0.1, -0.05) is 6.07 Å². The van der Waals surface area contributed by atoms with Crippen molar-refractivity contribution in [3.63, 3.8) is 0 Å². The van der Waals surface area contributed by atoms with Gasteiger partial charge in [-0.3, -0.25) is 4.79 Å². The molecule has 1 aromatic rings. The second kappa shape index (κ2) is 6.84. The molecule has 0 spiro atoms. The fourth-order valence-electron chi connectivity index (χ4n) is 3.11. The highest BCUT2D eigenvalue weighted by Gasteiger charge is 2.43. The highest BCUT2D eigenvalue weighted by atomic mass is 16.1. The third kappa shape index (κ3) is 4.20. The van der Waals surface area contributed by atoms with Gasteiger partial charge in [0.1, 0.15) is 11.5 Å². The standard InChI is InChI=1S/C17H27N5O/c1-18-16(23)14-4-3-5-15(20-14)19-12-17(6-7-17)13-22-10-8-21(2)9-11-22/h3-5H,6-13H2,1-2H3,(H,18,23)(H,19,20). The van der Waals surface area contributed by atoms with Gasteiger partial charge in [-0.15, -0.1) is 0 Å². The molecule has 1 amide bonds. The molecule has 0 bridgehead atoms. The number of pyridine rings is 1. The van der Waals surface area contributed by atoms with E-state index in [1.807, 2.05) is 12.1 Å². The molecule has 2 N–H and O–H groups in total. The summed E-state index contributed by atoms with van der Waals surface area (Å²) in [6.07, 6.45) is 2.56. The molecule has 1 saturated heterocycles. The lowest BCUT2D eigenvalue weighted by Gasteiger charge is -2.35. The number of piperazine rings is 1. The van der Waals surface area contributed by atoms with E-state index in [1.165, 1.54) is 45.6 Å². The first kappa shape index (κ1) is 16.2. The number of hydrogen-bond donors (Lipinski definition) is 2. The maximum Gasteiger partial charge on any atom is 0.269 e. The largest absolute Gasteiger partial charge is 0.369 e. The van der Waals surface area contributed by atoms with Crippen LogP contribution < -0.4 is 10.6 Å². The quantitative estimate of drug-likeness (QED) is 0.816. The van der Waals surface area contributed by atoms with E-state index in [9.17, 15) is 4.79 Å². The summed E-state index contributed by atoms with van der Waals surface area (Å²) in [6, 6.07) is 5.54. The van der Waals surface area contributed by atoms with Gasteiger partial charge >= 0.3 is 0 Å². The van der Waals surface area contributed by atoms with E-state index in [2.05, 4.69) is 32.5 Å². The third-order valence-corrected chi connectivity index (χ3v) is 4.97. The number of rotatable bonds is 6. The molecule has 3 rings (SSSR count). The molecule has 2 heterocycles. The summed E-state index contributed by atoms with van der Waals surface area (Å²) in [4.78, 5) is 21.0. The summed E-state index contributed by atoms with van der Waals surface area (Å²) in [5.74, 6) is 0.642. The number of aromatic nitrogens is 1. The maximum absolute atomic E-state index is 11.7. The van der Waals surface area contributed by atoms with Crippen molar-refractivity contribution in [2.24, 2.45) is 5.41 Å². The van der Waals surface area contributed by atoms with Gasteiger partial charge in [0.2, 0.25) is 0 Å². The number of nitrogens with zero attached hydrogens (tertiary/aromatic N) is 3. The van der Waals surface area contributed by atoms with Gasteiger partial charge in [-0.25, -0.2) is 4.98 Å². The Bertz CT molecular complexity index is 550. The van der Waals surface area contributed by atoms with Crippen molar-refractivity contribution in [1.82, 2.24) is 20.1 Å². The first-order chi connectivity index (χ1) is 11.1. The topological polar surface area (TPSA) is 60.5 Å². The van der Waals surface area contributed by atoms with Gasteiger partial charge in [0.25, 0.3) is 5.91 Å². The number of anilines is 1. The summed E-state index contributed by atoms with van der Waals surface area (Å²) in [7, 11) is 3.82. The summed E-state index contributed by atoms with van der Waals surface area (Å²) in [5.41, 5.74) is 0.849. The van der Waals surface area contributed by atoms with Crippen LogP contribution in [-0.4, -0.2) is 74.1 Å². The van der Waals surface area contributed by atoms with Crippen LogP contribution in [0.1, 0.15) is 23.3 Å². The Kier molecular flexibility index (Phi) is 4.82. The Morgan fingerprint density at radius 2 is 2.00 bits per heavy atom. The lowest BCUT2D eigenvalue weighted by Crippen LogP contribution is -2.47. The Balaban J connectivity index is 1.52. The molecule has 6 heteroatoms. The summed E-state index contributed by atoms with van der Waals surface area (Å²) in [6.45, 7) is 6.77. The molecule has 0 atom stereocenters. The van der Waals surface area contributed by atoms with Gasteiger partial charge < -0.3 is 20.4 Å².